The SMILES string of the molecule is CCOc1cc(-c2ccc(N3CCC(N)(CN4CCN(C)C(C)C4)CC3)nc2)c2c(C#N)cnn2c1. The Morgan fingerprint density at radius 2 is 2.00 bits per heavy atom. The zero-order valence-electron chi connectivity index (χ0n) is 21.5. The van der Waals surface area contributed by atoms with Crippen molar-refractivity contribution in [1.82, 2.24) is 24.4 Å². The van der Waals surface area contributed by atoms with Gasteiger partial charge in [-0.05, 0) is 51.9 Å². The number of nitriles is 1. The van der Waals surface area contributed by atoms with Gasteiger partial charge < -0.3 is 20.3 Å². The van der Waals surface area contributed by atoms with Crippen LogP contribution in [0, 0.1) is 11.3 Å². The van der Waals surface area contributed by atoms with Gasteiger partial charge in [0.25, 0.3) is 0 Å². The Bertz CT molecular complexity index is 1240. The second-order valence-corrected chi connectivity index (χ2v) is 10.3. The van der Waals surface area contributed by atoms with Gasteiger partial charge >= 0.3 is 0 Å². The lowest BCUT2D eigenvalue weighted by molar-refractivity contribution is 0.0805. The smallest absolute Gasteiger partial charge is 0.138 e. The van der Waals surface area contributed by atoms with Crippen molar-refractivity contribution in [3.63, 3.8) is 0 Å². The first-order valence-corrected chi connectivity index (χ1v) is 12.9. The quantitative estimate of drug-likeness (QED) is 0.565. The molecule has 36 heavy (non-hydrogen) atoms. The maximum Gasteiger partial charge on any atom is 0.138 e. The standard InChI is InChI=1S/C27H36N8O/c1-4-36-23-13-24(26-22(14-28)16-31-35(26)18-23)21-5-6-25(30-15-21)34-9-7-27(29,8-10-34)19-33-12-11-32(3)20(2)17-33/h5-6,13,15-16,18,20H,4,7-12,17,19,29H2,1-3H3. The molecule has 3 aromatic heterocycles. The fourth-order valence-electron chi connectivity index (χ4n) is 5.43. The fraction of sp³-hybridized carbons (Fsp3) is 0.519. The predicted octanol–water partition coefficient (Wildman–Crippen LogP) is 2.60. The average molecular weight is 489 g/mol. The van der Waals surface area contributed by atoms with Crippen molar-refractivity contribution >= 4 is 11.3 Å². The van der Waals surface area contributed by atoms with Crippen molar-refractivity contribution < 1.29 is 4.74 Å². The first-order chi connectivity index (χ1) is 17.4. The predicted molar refractivity (Wildman–Crippen MR) is 141 cm³/mol. The van der Waals surface area contributed by atoms with Crippen molar-refractivity contribution in [2.75, 3.05) is 57.8 Å². The number of hydrogen-bond donors (Lipinski definition) is 1. The van der Waals surface area contributed by atoms with Gasteiger partial charge in [0.2, 0.25) is 0 Å². The van der Waals surface area contributed by atoms with Gasteiger partial charge in [0.1, 0.15) is 17.6 Å². The van der Waals surface area contributed by atoms with Crippen molar-refractivity contribution in [3.05, 3.63) is 42.4 Å². The Labute approximate surface area is 213 Å². The van der Waals surface area contributed by atoms with Gasteiger partial charge in [0, 0.05) is 68.2 Å². The molecule has 0 amide bonds. The van der Waals surface area contributed by atoms with E-state index in [1.165, 1.54) is 0 Å². The van der Waals surface area contributed by atoms with E-state index in [1.807, 2.05) is 19.2 Å². The van der Waals surface area contributed by atoms with E-state index in [4.69, 9.17) is 15.5 Å². The third-order valence-electron chi connectivity index (χ3n) is 7.74. The van der Waals surface area contributed by atoms with Gasteiger partial charge in [-0.1, -0.05) is 0 Å². The average Bonchev–Trinajstić information content (AvgIpc) is 3.30. The third kappa shape index (κ3) is 4.89. The van der Waals surface area contributed by atoms with Crippen molar-refractivity contribution in [3.8, 4) is 22.9 Å². The number of aromatic nitrogens is 3. The van der Waals surface area contributed by atoms with Crippen LogP contribution in [0.1, 0.15) is 32.3 Å². The lowest BCUT2D eigenvalue weighted by atomic mass is 9.87. The minimum absolute atomic E-state index is 0.146. The largest absolute Gasteiger partial charge is 0.492 e. The molecule has 190 valence electrons. The normalized spacial score (nSPS) is 21.0. The highest BCUT2D eigenvalue weighted by molar-refractivity contribution is 5.85. The summed E-state index contributed by atoms with van der Waals surface area (Å²) in [4.78, 5) is 12.1. The number of anilines is 1. The third-order valence-corrected chi connectivity index (χ3v) is 7.74. The van der Waals surface area contributed by atoms with E-state index in [9.17, 15) is 5.26 Å². The summed E-state index contributed by atoms with van der Waals surface area (Å²) in [6, 6.07) is 8.91. The van der Waals surface area contributed by atoms with Crippen molar-refractivity contribution in [2.45, 2.75) is 38.3 Å². The molecule has 9 heteroatoms. The van der Waals surface area contributed by atoms with Crippen LogP contribution >= 0.6 is 0 Å². The summed E-state index contributed by atoms with van der Waals surface area (Å²) in [5.41, 5.74) is 9.83. The van der Waals surface area contributed by atoms with E-state index in [-0.39, 0.29) is 5.54 Å². The van der Waals surface area contributed by atoms with Gasteiger partial charge in [-0.15, -0.1) is 0 Å². The summed E-state index contributed by atoms with van der Waals surface area (Å²) in [7, 11) is 2.20. The number of piperazine rings is 1. The van der Waals surface area contributed by atoms with Crippen LogP contribution < -0.4 is 15.4 Å². The molecule has 9 nitrogen and oxygen atoms in total. The van der Waals surface area contributed by atoms with Crippen LogP contribution in [0.5, 0.6) is 5.75 Å². The van der Waals surface area contributed by atoms with Gasteiger partial charge in [-0.2, -0.15) is 10.4 Å². The molecule has 1 unspecified atom stereocenters. The molecule has 5 rings (SSSR count). The molecule has 2 saturated heterocycles. The molecule has 2 N–H and O–H groups in total. The first-order valence-electron chi connectivity index (χ1n) is 12.9. The highest BCUT2D eigenvalue weighted by Gasteiger charge is 2.34. The minimum Gasteiger partial charge on any atom is -0.492 e. The molecule has 5 heterocycles. The number of piperidine rings is 1. The molecular weight excluding hydrogens is 452 g/mol. The topological polar surface area (TPSA) is 99.0 Å². The van der Waals surface area contributed by atoms with E-state index < -0.39 is 0 Å². The maximum atomic E-state index is 9.58. The molecule has 0 aliphatic carbocycles. The number of ether oxygens (including phenoxy) is 1. The van der Waals surface area contributed by atoms with E-state index >= 15 is 0 Å². The van der Waals surface area contributed by atoms with Gasteiger partial charge in [-0.3, -0.25) is 4.90 Å². The van der Waals surface area contributed by atoms with E-state index in [0.29, 0.717) is 24.0 Å². The number of rotatable bonds is 6. The molecule has 0 radical (unpaired) electrons. The summed E-state index contributed by atoms with van der Waals surface area (Å²) < 4.78 is 7.44. The van der Waals surface area contributed by atoms with Crippen LogP contribution in [-0.2, 0) is 0 Å². The second-order valence-electron chi connectivity index (χ2n) is 10.3. The number of nitrogens with zero attached hydrogens (tertiary/aromatic N) is 7. The molecule has 2 aliphatic rings. The van der Waals surface area contributed by atoms with Crippen LogP contribution in [0.15, 0.2) is 36.8 Å². The monoisotopic (exact) mass is 488 g/mol. The molecule has 0 aromatic carbocycles. The minimum atomic E-state index is -0.146. The highest BCUT2D eigenvalue weighted by atomic mass is 16.5. The number of nitrogens with two attached hydrogens (primary N) is 1. The van der Waals surface area contributed by atoms with Crippen molar-refractivity contribution in [2.24, 2.45) is 5.73 Å². The molecule has 1 atom stereocenters. The molecule has 3 aromatic rings. The maximum absolute atomic E-state index is 9.58. The lowest BCUT2D eigenvalue weighted by Gasteiger charge is -2.45. The van der Waals surface area contributed by atoms with Crippen LogP contribution in [-0.4, -0.2) is 88.9 Å². The van der Waals surface area contributed by atoms with Crippen molar-refractivity contribution in [1.29, 1.82) is 5.26 Å². The molecule has 0 saturated carbocycles. The second kappa shape index (κ2) is 10.1. The highest BCUT2D eigenvalue weighted by Crippen LogP contribution is 2.32. The molecule has 2 aliphatic heterocycles. The summed E-state index contributed by atoms with van der Waals surface area (Å²) in [5, 5.41) is 13.9. The fourth-order valence-corrected chi connectivity index (χ4v) is 5.43. The zero-order chi connectivity index (χ0) is 25.3. The first kappa shape index (κ1) is 24.5. The van der Waals surface area contributed by atoms with Crippen LogP contribution in [0.3, 0.4) is 0 Å². The van der Waals surface area contributed by atoms with E-state index in [2.05, 4.69) is 52.0 Å². The van der Waals surface area contributed by atoms with E-state index in [1.54, 1.807) is 16.9 Å². The lowest BCUT2D eigenvalue weighted by Crippen LogP contribution is -2.60. The summed E-state index contributed by atoms with van der Waals surface area (Å²) >= 11 is 0. The number of fused-ring (bicyclic) bond motifs is 1. The Morgan fingerprint density at radius 3 is 2.67 bits per heavy atom. The van der Waals surface area contributed by atoms with Crippen LogP contribution in [0.4, 0.5) is 5.82 Å². The molecular formula is C27H36N8O. The Hall–Kier alpha value is -3.19. The summed E-state index contributed by atoms with van der Waals surface area (Å²) in [5.74, 6) is 1.67. The number of likely N-dealkylation sites (N-methyl/N-ethyl adjacent to an activating group) is 1. The van der Waals surface area contributed by atoms with Crippen LogP contribution in [0.25, 0.3) is 16.6 Å². The number of pyridine rings is 2. The Balaban J connectivity index is 1.29. The van der Waals surface area contributed by atoms with Crippen LogP contribution in [0.2, 0.25) is 0 Å². The molecule has 2 fully saturated rings. The molecule has 0 spiro atoms. The Kier molecular flexibility index (Phi) is 6.84. The van der Waals surface area contributed by atoms with E-state index in [0.717, 1.165) is 74.6 Å². The van der Waals surface area contributed by atoms with Gasteiger partial charge in [0.15, 0.2) is 0 Å². The number of hydrogen-bond acceptors (Lipinski definition) is 8. The zero-order valence-corrected chi connectivity index (χ0v) is 21.5. The summed E-state index contributed by atoms with van der Waals surface area (Å²) in [6.07, 6.45) is 7.18. The Morgan fingerprint density at radius 1 is 1.19 bits per heavy atom. The molecule has 0 bridgehead atoms. The van der Waals surface area contributed by atoms with Gasteiger partial charge in [0.05, 0.1) is 30.1 Å². The summed E-state index contributed by atoms with van der Waals surface area (Å²) in [6.45, 7) is 10.8. The van der Waals surface area contributed by atoms with Gasteiger partial charge in [-0.25, -0.2) is 9.50 Å².